The van der Waals surface area contributed by atoms with Gasteiger partial charge in [0, 0.05) is 60.8 Å². The lowest BCUT2D eigenvalue weighted by atomic mass is 10.0. The van der Waals surface area contributed by atoms with Gasteiger partial charge in [-0.2, -0.15) is 15.2 Å². The van der Waals surface area contributed by atoms with Crippen molar-refractivity contribution in [1.29, 1.82) is 5.26 Å². The van der Waals surface area contributed by atoms with Crippen LogP contribution >= 0.6 is 0 Å². The normalized spacial score (nSPS) is 21.9. The second kappa shape index (κ2) is 10.7. The van der Waals surface area contributed by atoms with Crippen molar-refractivity contribution < 1.29 is 9.13 Å². The van der Waals surface area contributed by atoms with Gasteiger partial charge in [0.2, 0.25) is 0 Å². The van der Waals surface area contributed by atoms with Crippen LogP contribution in [-0.4, -0.2) is 78.3 Å². The quantitative estimate of drug-likeness (QED) is 0.531. The molecule has 3 aliphatic heterocycles. The summed E-state index contributed by atoms with van der Waals surface area (Å²) in [5.41, 5.74) is 3.06. The molecule has 0 amide bonds. The molecule has 1 aromatic carbocycles. The zero-order chi connectivity index (χ0) is 26.1. The molecule has 2 atom stereocenters. The average molecular weight is 517 g/mol. The largest absolute Gasteiger partial charge is 0.462 e. The molecule has 10 heteroatoms. The third kappa shape index (κ3) is 4.96. The van der Waals surface area contributed by atoms with Crippen molar-refractivity contribution in [2.24, 2.45) is 0 Å². The van der Waals surface area contributed by atoms with E-state index >= 15 is 0 Å². The number of anilines is 2. The number of halogens is 1. The van der Waals surface area contributed by atoms with Crippen LogP contribution in [0.4, 0.5) is 15.9 Å². The molecule has 6 rings (SSSR count). The first-order valence-electron chi connectivity index (χ1n) is 13.5. The molecule has 0 aliphatic carbocycles. The summed E-state index contributed by atoms with van der Waals surface area (Å²) in [7, 11) is 2.14. The minimum Gasteiger partial charge on any atom is -0.462 e. The van der Waals surface area contributed by atoms with Crippen LogP contribution < -0.4 is 19.9 Å². The van der Waals surface area contributed by atoms with E-state index in [0.29, 0.717) is 31.6 Å². The zero-order valence-electron chi connectivity index (χ0n) is 21.7. The van der Waals surface area contributed by atoms with Gasteiger partial charge in [0.25, 0.3) is 0 Å². The smallest absolute Gasteiger partial charge is 0.318 e. The highest BCUT2D eigenvalue weighted by atomic mass is 19.1. The fourth-order valence-electron chi connectivity index (χ4n) is 5.93. The van der Waals surface area contributed by atoms with Crippen molar-refractivity contribution in [2.75, 3.05) is 56.2 Å². The van der Waals surface area contributed by atoms with Crippen LogP contribution in [0.1, 0.15) is 30.5 Å². The van der Waals surface area contributed by atoms with Gasteiger partial charge in [-0.3, -0.25) is 4.98 Å². The predicted octanol–water partition coefficient (Wildman–Crippen LogP) is 2.89. The van der Waals surface area contributed by atoms with Gasteiger partial charge < -0.3 is 24.8 Å². The molecule has 2 aromatic heterocycles. The Morgan fingerprint density at radius 3 is 2.95 bits per heavy atom. The predicted molar refractivity (Wildman–Crippen MR) is 144 cm³/mol. The van der Waals surface area contributed by atoms with Crippen molar-refractivity contribution in [3.05, 3.63) is 47.7 Å². The Labute approximate surface area is 222 Å². The van der Waals surface area contributed by atoms with Crippen LogP contribution in [0.15, 0.2) is 30.6 Å². The fraction of sp³-hybridized carbons (Fsp3) is 0.500. The van der Waals surface area contributed by atoms with Gasteiger partial charge in [-0.1, -0.05) is 0 Å². The molecule has 198 valence electrons. The first-order valence-corrected chi connectivity index (χ1v) is 13.5. The highest BCUT2D eigenvalue weighted by Gasteiger charge is 2.30. The van der Waals surface area contributed by atoms with Crippen LogP contribution in [-0.2, 0) is 13.0 Å². The molecule has 9 nitrogen and oxygen atoms in total. The molecular formula is C28H33FN8O. The maximum Gasteiger partial charge on any atom is 0.318 e. The average Bonchev–Trinajstić information content (AvgIpc) is 3.35. The number of nitrogens with zero attached hydrogens (tertiary/aromatic N) is 7. The molecule has 0 radical (unpaired) electrons. The highest BCUT2D eigenvalue weighted by Crippen LogP contribution is 2.34. The summed E-state index contributed by atoms with van der Waals surface area (Å²) in [5, 5.41) is 14.4. The summed E-state index contributed by atoms with van der Waals surface area (Å²) in [4.78, 5) is 21.1. The van der Waals surface area contributed by atoms with Crippen LogP contribution in [0.5, 0.6) is 6.01 Å². The van der Waals surface area contributed by atoms with Crippen molar-refractivity contribution >= 4 is 22.3 Å². The molecule has 5 heterocycles. The van der Waals surface area contributed by atoms with E-state index in [-0.39, 0.29) is 11.9 Å². The van der Waals surface area contributed by atoms with E-state index in [1.807, 2.05) is 12.3 Å². The molecule has 1 N–H and O–H groups in total. The van der Waals surface area contributed by atoms with Gasteiger partial charge in [0.05, 0.1) is 36.6 Å². The van der Waals surface area contributed by atoms with Crippen LogP contribution in [0.25, 0.3) is 10.8 Å². The van der Waals surface area contributed by atoms with E-state index in [0.717, 1.165) is 79.1 Å². The number of rotatable bonds is 6. The lowest BCUT2D eigenvalue weighted by Gasteiger charge is -2.37. The Bertz CT molecular complexity index is 1360. The van der Waals surface area contributed by atoms with E-state index in [1.54, 1.807) is 6.20 Å². The number of pyridine rings is 1. The number of piperazine rings is 1. The van der Waals surface area contributed by atoms with E-state index in [2.05, 4.69) is 38.1 Å². The molecule has 2 saturated heterocycles. The molecule has 0 bridgehead atoms. The number of benzene rings is 1. The summed E-state index contributed by atoms with van der Waals surface area (Å²) >= 11 is 0. The minimum atomic E-state index is -0.266. The number of hydrogen-bond acceptors (Lipinski definition) is 9. The van der Waals surface area contributed by atoms with Gasteiger partial charge in [-0.25, -0.2) is 4.39 Å². The van der Waals surface area contributed by atoms with Crippen LogP contribution in [0.3, 0.4) is 0 Å². The molecule has 0 spiro atoms. The van der Waals surface area contributed by atoms with Gasteiger partial charge in [-0.05, 0) is 51.1 Å². The number of fused-ring (bicyclic) bond motifs is 2. The number of likely N-dealkylation sites (tertiary alicyclic amines) is 1. The molecule has 3 aliphatic rings. The van der Waals surface area contributed by atoms with Gasteiger partial charge in [0.15, 0.2) is 0 Å². The second-order valence-corrected chi connectivity index (χ2v) is 10.5. The first kappa shape index (κ1) is 24.8. The summed E-state index contributed by atoms with van der Waals surface area (Å²) in [6.07, 6.45) is 7.09. The third-order valence-electron chi connectivity index (χ3n) is 8.03. The van der Waals surface area contributed by atoms with Crippen molar-refractivity contribution in [3.63, 3.8) is 0 Å². The number of likely N-dealkylation sites (N-methyl/N-ethyl adjacent to an activating group) is 1. The number of nitriles is 1. The molecule has 0 saturated carbocycles. The molecule has 1 unspecified atom stereocenters. The molecular weight excluding hydrogens is 483 g/mol. The van der Waals surface area contributed by atoms with E-state index in [9.17, 15) is 9.65 Å². The van der Waals surface area contributed by atoms with Crippen molar-refractivity contribution in [1.82, 2.24) is 25.2 Å². The van der Waals surface area contributed by atoms with E-state index < -0.39 is 0 Å². The van der Waals surface area contributed by atoms with Gasteiger partial charge >= 0.3 is 6.01 Å². The highest BCUT2D eigenvalue weighted by molar-refractivity contribution is 5.93. The SMILES string of the molecule is CN1CCC[C@H]1COc1nc2c(c(N3CCNC(CC#N)C3)n1)CCN(c1cncc3cc(F)ccc13)C2. The summed E-state index contributed by atoms with van der Waals surface area (Å²) < 4.78 is 20.1. The lowest BCUT2D eigenvalue weighted by molar-refractivity contribution is 0.187. The maximum atomic E-state index is 13.9. The fourth-order valence-corrected chi connectivity index (χ4v) is 5.93. The number of aromatic nitrogens is 3. The summed E-state index contributed by atoms with van der Waals surface area (Å²) in [5.74, 6) is 0.658. The summed E-state index contributed by atoms with van der Waals surface area (Å²) in [6.45, 7) is 5.37. The summed E-state index contributed by atoms with van der Waals surface area (Å²) in [6, 6.07) is 8.03. The Hall–Kier alpha value is -3.55. The Balaban J connectivity index is 1.32. The molecule has 3 aromatic rings. The first-order chi connectivity index (χ1) is 18.6. The number of hydrogen-bond donors (Lipinski definition) is 1. The second-order valence-electron chi connectivity index (χ2n) is 10.5. The third-order valence-corrected chi connectivity index (χ3v) is 8.03. The van der Waals surface area contributed by atoms with Gasteiger partial charge in [-0.15, -0.1) is 0 Å². The number of ether oxygens (including phenoxy) is 1. The van der Waals surface area contributed by atoms with E-state index in [4.69, 9.17) is 14.7 Å². The monoisotopic (exact) mass is 516 g/mol. The van der Waals surface area contributed by atoms with E-state index in [1.165, 1.54) is 18.6 Å². The minimum absolute atomic E-state index is 0.109. The van der Waals surface area contributed by atoms with Crippen molar-refractivity contribution in [2.45, 2.75) is 44.3 Å². The topological polar surface area (TPSA) is 93.4 Å². The maximum absolute atomic E-state index is 13.9. The molecule has 2 fully saturated rings. The number of nitrogens with one attached hydrogen (secondary N) is 1. The van der Waals surface area contributed by atoms with Crippen molar-refractivity contribution in [3.8, 4) is 12.1 Å². The Morgan fingerprint density at radius 2 is 2.11 bits per heavy atom. The standard InChI is InChI=1S/C28H33FN8O/c1-35-10-2-3-22(35)18-38-28-33-25-17-36(26-15-31-14-19-13-20(29)4-5-23(19)26)11-7-24(25)27(34-28)37-12-9-32-21(16-37)6-8-30/h4-5,13-15,21-22,32H,2-3,6-7,9-12,16-18H2,1H3/t21?,22-/m0/s1. The van der Waals surface area contributed by atoms with Gasteiger partial charge in [0.1, 0.15) is 18.2 Å². The van der Waals surface area contributed by atoms with Crippen LogP contribution in [0, 0.1) is 17.1 Å². The Morgan fingerprint density at radius 1 is 1.18 bits per heavy atom. The van der Waals surface area contributed by atoms with Crippen LogP contribution in [0.2, 0.25) is 0 Å². The lowest BCUT2D eigenvalue weighted by Crippen LogP contribution is -2.51. The molecule has 38 heavy (non-hydrogen) atoms. The zero-order valence-corrected chi connectivity index (χ0v) is 21.7. The Kier molecular flexibility index (Phi) is 6.96.